The van der Waals surface area contributed by atoms with Crippen LogP contribution in [-0.4, -0.2) is 55.8 Å². The van der Waals surface area contributed by atoms with E-state index in [9.17, 15) is 4.79 Å². The Morgan fingerprint density at radius 1 is 1.21 bits per heavy atom. The zero-order valence-electron chi connectivity index (χ0n) is 19.0. The van der Waals surface area contributed by atoms with Gasteiger partial charge in [-0.25, -0.2) is 19.7 Å². The number of nitrogens with zero attached hydrogens (tertiary/aromatic N) is 7. The van der Waals surface area contributed by atoms with Crippen LogP contribution in [0.1, 0.15) is 37.9 Å². The van der Waals surface area contributed by atoms with Gasteiger partial charge in [0.25, 0.3) is 0 Å². The summed E-state index contributed by atoms with van der Waals surface area (Å²) >= 11 is 0. The lowest BCUT2D eigenvalue weighted by molar-refractivity contribution is -0.00711. The van der Waals surface area contributed by atoms with Crippen molar-refractivity contribution in [3.63, 3.8) is 0 Å². The van der Waals surface area contributed by atoms with Crippen molar-refractivity contribution in [1.82, 2.24) is 29.5 Å². The van der Waals surface area contributed by atoms with Gasteiger partial charge in [-0.15, -0.1) is 6.54 Å². The van der Waals surface area contributed by atoms with E-state index in [1.165, 1.54) is 6.33 Å². The number of hydrogen-bond acceptors (Lipinski definition) is 8. The maximum absolute atomic E-state index is 13.5. The van der Waals surface area contributed by atoms with Crippen molar-refractivity contribution in [3.05, 3.63) is 58.7 Å². The van der Waals surface area contributed by atoms with Crippen molar-refractivity contribution in [2.24, 2.45) is 0 Å². The highest BCUT2D eigenvalue weighted by Crippen LogP contribution is 2.37. The lowest BCUT2D eigenvalue weighted by Crippen LogP contribution is -2.34. The van der Waals surface area contributed by atoms with Crippen LogP contribution < -0.4 is 5.69 Å². The molecule has 0 N–H and O–H groups in total. The summed E-state index contributed by atoms with van der Waals surface area (Å²) in [6, 6.07) is 3.70. The number of rotatable bonds is 4. The summed E-state index contributed by atoms with van der Waals surface area (Å²) in [5.74, 6) is 0. The van der Waals surface area contributed by atoms with Gasteiger partial charge in [0, 0.05) is 30.6 Å². The van der Waals surface area contributed by atoms with E-state index in [1.54, 1.807) is 22.0 Å². The minimum absolute atomic E-state index is 0.0496. The Bertz CT molecular complexity index is 1460. The first-order chi connectivity index (χ1) is 16.6. The highest BCUT2D eigenvalue weighted by molar-refractivity contribution is 6.04. The number of hydrogen-bond donors (Lipinski definition) is 0. The summed E-state index contributed by atoms with van der Waals surface area (Å²) in [5.41, 5.74) is 9.37. The molecule has 6 heterocycles. The Morgan fingerprint density at radius 3 is 2.82 bits per heavy atom. The first-order valence-electron chi connectivity index (χ1n) is 11.5. The van der Waals surface area contributed by atoms with Gasteiger partial charge in [-0.1, -0.05) is 6.92 Å². The molecule has 0 radical (unpaired) electrons. The molecule has 10 heteroatoms. The summed E-state index contributed by atoms with van der Waals surface area (Å²) in [7, 11) is 1.85. The highest BCUT2D eigenvalue weighted by atomic mass is 16.5. The van der Waals surface area contributed by atoms with Gasteiger partial charge in [0.05, 0.1) is 11.8 Å². The van der Waals surface area contributed by atoms with Gasteiger partial charge in [0.2, 0.25) is 0 Å². The fourth-order valence-corrected chi connectivity index (χ4v) is 4.80. The predicted octanol–water partition coefficient (Wildman–Crippen LogP) is 3.70. The Kier molecular flexibility index (Phi) is 5.11. The second kappa shape index (κ2) is 8.30. The van der Waals surface area contributed by atoms with E-state index in [0.29, 0.717) is 46.7 Å². The number of aromatic nitrogens is 5. The molecule has 0 spiro atoms. The minimum atomic E-state index is -0.308. The van der Waals surface area contributed by atoms with Crippen molar-refractivity contribution in [2.75, 3.05) is 20.2 Å². The lowest BCUT2D eigenvalue weighted by atomic mass is 10.0. The molecule has 174 valence electrons. The zero-order valence-corrected chi connectivity index (χ0v) is 19.0. The first kappa shape index (κ1) is 20.9. The Morgan fingerprint density at radius 2 is 2.06 bits per heavy atom. The largest absolute Gasteiger partial charge is 0.565 e. The predicted molar refractivity (Wildman–Crippen MR) is 127 cm³/mol. The molecular formula is C24H24N7O3-. The van der Waals surface area contributed by atoms with Crippen molar-refractivity contribution >= 4 is 27.8 Å². The quantitative estimate of drug-likeness (QED) is 0.455. The van der Waals surface area contributed by atoms with Crippen molar-refractivity contribution < 1.29 is 9.15 Å². The Hall–Kier alpha value is -3.63. The van der Waals surface area contributed by atoms with Crippen LogP contribution in [0.3, 0.4) is 0 Å². The van der Waals surface area contributed by atoms with Crippen LogP contribution in [-0.2, 0) is 4.74 Å². The molecule has 2 aliphatic rings. The zero-order chi connectivity index (χ0) is 23.2. The summed E-state index contributed by atoms with van der Waals surface area (Å²) in [4.78, 5) is 31.2. The third-order valence-corrected chi connectivity index (χ3v) is 6.51. The van der Waals surface area contributed by atoms with Gasteiger partial charge >= 0.3 is 5.69 Å². The first-order valence-corrected chi connectivity index (χ1v) is 11.5. The molecule has 2 atom stereocenters. The molecule has 34 heavy (non-hydrogen) atoms. The second-order valence-electron chi connectivity index (χ2n) is 8.67. The molecule has 6 rings (SSSR count). The van der Waals surface area contributed by atoms with Crippen LogP contribution in [0.5, 0.6) is 0 Å². The maximum Gasteiger partial charge on any atom is 0.349 e. The van der Waals surface area contributed by atoms with E-state index in [-0.39, 0.29) is 17.8 Å². The van der Waals surface area contributed by atoms with E-state index in [2.05, 4.69) is 27.3 Å². The molecular weight excluding hydrogens is 434 g/mol. The van der Waals surface area contributed by atoms with Gasteiger partial charge in [-0.2, -0.15) is 4.98 Å². The second-order valence-corrected chi connectivity index (χ2v) is 8.67. The van der Waals surface area contributed by atoms with Gasteiger partial charge in [-0.3, -0.25) is 4.57 Å². The third kappa shape index (κ3) is 3.46. The molecule has 10 nitrogen and oxygen atoms in total. The highest BCUT2D eigenvalue weighted by Gasteiger charge is 2.29. The Labute approximate surface area is 195 Å². The van der Waals surface area contributed by atoms with Crippen LogP contribution in [0.25, 0.3) is 44.5 Å². The van der Waals surface area contributed by atoms with Crippen LogP contribution in [0.4, 0.5) is 0 Å². The van der Waals surface area contributed by atoms with Crippen LogP contribution in [0.2, 0.25) is 0 Å². The lowest BCUT2D eigenvalue weighted by Gasteiger charge is -2.30. The molecule has 4 aromatic heterocycles. The van der Waals surface area contributed by atoms with Gasteiger partial charge < -0.3 is 19.6 Å². The molecule has 0 saturated carbocycles. The topological polar surface area (TPSA) is 113 Å². The van der Waals surface area contributed by atoms with E-state index < -0.39 is 0 Å². The number of furan rings is 1. The maximum atomic E-state index is 13.5. The normalized spacial score (nSPS) is 20.9. The van der Waals surface area contributed by atoms with E-state index >= 15 is 0 Å². The average molecular weight is 459 g/mol. The molecule has 0 amide bonds. The monoisotopic (exact) mass is 458 g/mol. The number of pyridine rings is 1. The molecule has 0 aromatic carbocycles. The standard InChI is InChI=1S/C24H24N7O3/c1-3-17-8-16(6-7-33-17)31-22-21-19(5-4-18(28-21)14-9-25-13-26-10-14)34-23(22)20(29-24(31)32)15-11-27-30(2)12-15/h4-5,9-10,12-13,16-17H,3,6-8,11H2,1-2H3/q-1/t16-,17?/m0/s1. The molecule has 1 saturated heterocycles. The smallest absolute Gasteiger partial charge is 0.349 e. The van der Waals surface area contributed by atoms with Crippen molar-refractivity contribution in [1.29, 1.82) is 0 Å². The van der Waals surface area contributed by atoms with Crippen LogP contribution in [0, 0.1) is 0 Å². The number of fused-ring (bicyclic) bond motifs is 3. The molecule has 1 unspecified atom stereocenters. The van der Waals surface area contributed by atoms with Crippen molar-refractivity contribution in [2.45, 2.75) is 38.3 Å². The van der Waals surface area contributed by atoms with E-state index in [1.807, 2.05) is 25.4 Å². The fraction of sp³-hybridized carbons (Fsp3) is 0.375. The minimum Gasteiger partial charge on any atom is -0.565 e. The molecule has 4 aromatic rings. The summed E-state index contributed by atoms with van der Waals surface area (Å²) in [6.45, 7) is 3.14. The average Bonchev–Trinajstić information content (AvgIpc) is 3.47. The number of ether oxygens (including phenoxy) is 1. The Balaban J connectivity index is 1.63. The fourth-order valence-electron chi connectivity index (χ4n) is 4.80. The SMILES string of the molecule is CCC1C[C@@H](n2c(=O)nc(C3=CN(C)[N-]C3)c3oc4ccc(-c5cncnc5)nc4c32)CCO1. The van der Waals surface area contributed by atoms with Gasteiger partial charge in [0.1, 0.15) is 23.1 Å². The molecule has 0 aliphatic carbocycles. The molecule has 2 aliphatic heterocycles. The van der Waals surface area contributed by atoms with Gasteiger partial charge in [-0.05, 0) is 50.2 Å². The third-order valence-electron chi connectivity index (χ3n) is 6.51. The summed E-state index contributed by atoms with van der Waals surface area (Å²) in [6.07, 6.45) is 9.26. The molecule has 0 bridgehead atoms. The van der Waals surface area contributed by atoms with Crippen LogP contribution >= 0.6 is 0 Å². The van der Waals surface area contributed by atoms with E-state index in [4.69, 9.17) is 14.1 Å². The molecule has 1 fully saturated rings. The summed E-state index contributed by atoms with van der Waals surface area (Å²) in [5, 5.41) is 1.73. The summed E-state index contributed by atoms with van der Waals surface area (Å²) < 4.78 is 14.0. The van der Waals surface area contributed by atoms with Gasteiger partial charge in [0.15, 0.2) is 11.2 Å². The van der Waals surface area contributed by atoms with Crippen LogP contribution in [0.15, 0.2) is 46.3 Å². The van der Waals surface area contributed by atoms with Crippen molar-refractivity contribution in [3.8, 4) is 11.3 Å². The van der Waals surface area contributed by atoms with E-state index in [0.717, 1.165) is 30.4 Å².